The number of fused-ring (bicyclic) bond motifs is 3. The molecule has 0 amide bonds. The molecule has 44 heavy (non-hydrogen) atoms. The van der Waals surface area contributed by atoms with Crippen molar-refractivity contribution in [1.29, 1.82) is 0 Å². The Morgan fingerprint density at radius 1 is 1.11 bits per heavy atom. The zero-order valence-corrected chi connectivity index (χ0v) is 26.7. The Kier molecular flexibility index (Phi) is 8.61. The molecule has 5 aliphatic rings. The topological polar surface area (TPSA) is 153 Å². The van der Waals surface area contributed by atoms with Crippen LogP contribution in [0.2, 0.25) is 0 Å². The molecule has 12 unspecified atom stereocenters. The van der Waals surface area contributed by atoms with Crippen molar-refractivity contribution in [2.45, 2.75) is 114 Å². The van der Waals surface area contributed by atoms with Crippen LogP contribution in [-0.4, -0.2) is 90.2 Å². The Morgan fingerprint density at radius 3 is 2.36 bits per heavy atom. The van der Waals surface area contributed by atoms with Crippen molar-refractivity contribution < 1.29 is 57.1 Å². The fourth-order valence-corrected chi connectivity index (χ4v) is 8.24. The fourth-order valence-electron chi connectivity index (χ4n) is 7.85. The second-order valence-electron chi connectivity index (χ2n) is 13.0. The molecule has 0 aromatic heterocycles. The first-order chi connectivity index (χ1) is 20.6. The van der Waals surface area contributed by atoms with Crippen LogP contribution in [0.5, 0.6) is 0 Å². The van der Waals surface area contributed by atoms with Crippen LogP contribution in [0.1, 0.15) is 67.2 Å². The van der Waals surface area contributed by atoms with Crippen LogP contribution in [-0.2, 0) is 57.1 Å². The summed E-state index contributed by atoms with van der Waals surface area (Å²) in [6, 6.07) is 0. The van der Waals surface area contributed by atoms with Crippen LogP contribution in [0.4, 0.5) is 0 Å². The summed E-state index contributed by atoms with van der Waals surface area (Å²) in [6.45, 7) is 13.3. The largest absolute Gasteiger partial charge is 0.462 e. The second kappa shape index (κ2) is 11.6. The van der Waals surface area contributed by atoms with Crippen LogP contribution in [0.25, 0.3) is 0 Å². The average Bonchev–Trinajstić information content (AvgIpc) is 3.68. The lowest BCUT2D eigenvalue weighted by atomic mass is 9.51. The van der Waals surface area contributed by atoms with E-state index in [1.165, 1.54) is 13.8 Å². The van der Waals surface area contributed by atoms with Gasteiger partial charge in [-0.15, -0.1) is 11.6 Å². The molecule has 12 atom stereocenters. The first-order valence-corrected chi connectivity index (χ1v) is 15.6. The minimum atomic E-state index is -1.55. The van der Waals surface area contributed by atoms with E-state index in [4.69, 9.17) is 44.8 Å². The van der Waals surface area contributed by atoms with Crippen molar-refractivity contribution in [3.8, 4) is 0 Å². The van der Waals surface area contributed by atoms with Gasteiger partial charge in [-0.2, -0.15) is 0 Å². The highest BCUT2D eigenvalue weighted by Crippen LogP contribution is 2.65. The molecule has 2 spiro atoms. The van der Waals surface area contributed by atoms with E-state index in [0.29, 0.717) is 24.8 Å². The molecule has 0 aromatic rings. The number of alkyl halides is 1. The normalized spacial score (nSPS) is 42.9. The molecular formula is C31H41ClO12. The second-order valence-corrected chi connectivity index (χ2v) is 13.5. The maximum atomic E-state index is 13.3. The van der Waals surface area contributed by atoms with Crippen molar-refractivity contribution >= 4 is 41.4 Å². The van der Waals surface area contributed by atoms with Crippen molar-refractivity contribution in [3.05, 3.63) is 12.2 Å². The maximum Gasteiger partial charge on any atom is 0.344 e. The molecule has 0 N–H and O–H groups in total. The SMILES string of the molecule is C=C1C2CC(OC(=O)COC(=O)C(C)CC)C3(C)C(OC(C)=O)CCC4(CO4)C3C(OC(C)=O)C3(O2)C(C)C(=O)OC3C1Cl. The van der Waals surface area contributed by atoms with Crippen LogP contribution in [0.3, 0.4) is 0 Å². The Bertz CT molecular complexity index is 1250. The van der Waals surface area contributed by atoms with Crippen LogP contribution in [0, 0.1) is 23.2 Å². The first kappa shape index (κ1) is 32.7. The summed E-state index contributed by atoms with van der Waals surface area (Å²) in [7, 11) is 0. The van der Waals surface area contributed by atoms with Crippen LogP contribution in [0.15, 0.2) is 12.2 Å². The number of halogens is 1. The van der Waals surface area contributed by atoms with Crippen LogP contribution >= 0.6 is 11.6 Å². The summed E-state index contributed by atoms with van der Waals surface area (Å²) in [5, 5.41) is -0.915. The number of hydrogen-bond acceptors (Lipinski definition) is 12. The highest BCUT2D eigenvalue weighted by molar-refractivity contribution is 6.23. The van der Waals surface area contributed by atoms with E-state index in [1.807, 2.05) is 13.8 Å². The molecule has 4 saturated heterocycles. The summed E-state index contributed by atoms with van der Waals surface area (Å²) in [5.41, 5.74) is -3.29. The van der Waals surface area contributed by atoms with Gasteiger partial charge in [0.05, 0.1) is 40.9 Å². The monoisotopic (exact) mass is 640 g/mol. The standard InChI is InChI=1S/C31H41ClO12/c1-8-14(2)27(36)38-12-22(35)42-21-11-19-15(3)23(32)25-31(44-19,16(4)28(37)43-25)26(41-18(6)34)24-29(21,7)20(40-17(5)33)9-10-30(24)13-39-30/h14,16,19-21,23-26H,3,8-13H2,1-2,4-7H3. The van der Waals surface area contributed by atoms with E-state index >= 15 is 0 Å². The van der Waals surface area contributed by atoms with Gasteiger partial charge in [0.1, 0.15) is 18.3 Å². The van der Waals surface area contributed by atoms with Gasteiger partial charge < -0.3 is 33.2 Å². The molecule has 0 aromatic carbocycles. The summed E-state index contributed by atoms with van der Waals surface area (Å²) < 4.78 is 42.1. The molecule has 1 aliphatic carbocycles. The van der Waals surface area contributed by atoms with Gasteiger partial charge >= 0.3 is 29.8 Å². The number of hydrogen-bond donors (Lipinski definition) is 0. The smallest absolute Gasteiger partial charge is 0.344 e. The van der Waals surface area contributed by atoms with E-state index in [0.717, 1.165) is 0 Å². The molecule has 4 aliphatic heterocycles. The van der Waals surface area contributed by atoms with Gasteiger partial charge in [-0.25, -0.2) is 4.79 Å². The minimum absolute atomic E-state index is 0.0100. The highest BCUT2D eigenvalue weighted by atomic mass is 35.5. The Labute approximate surface area is 261 Å². The Balaban J connectivity index is 1.66. The third kappa shape index (κ3) is 5.10. The Hall–Kier alpha value is -2.70. The summed E-state index contributed by atoms with van der Waals surface area (Å²) in [5.74, 6) is -5.26. The minimum Gasteiger partial charge on any atom is -0.462 e. The van der Waals surface area contributed by atoms with E-state index in [1.54, 1.807) is 13.8 Å². The van der Waals surface area contributed by atoms with Gasteiger partial charge in [0.2, 0.25) is 0 Å². The fraction of sp³-hybridized carbons (Fsp3) is 0.774. The van der Waals surface area contributed by atoms with Gasteiger partial charge in [-0.3, -0.25) is 19.2 Å². The number of carbonyl (C=O) groups is 5. The molecule has 1 saturated carbocycles. The predicted octanol–water partition coefficient (Wildman–Crippen LogP) is 2.80. The number of carbonyl (C=O) groups excluding carboxylic acids is 5. The van der Waals surface area contributed by atoms with Gasteiger partial charge in [0.15, 0.2) is 18.3 Å². The molecule has 12 nitrogen and oxygen atoms in total. The third-order valence-electron chi connectivity index (χ3n) is 10.5. The number of esters is 5. The zero-order chi connectivity index (χ0) is 32.4. The quantitative estimate of drug-likeness (QED) is 0.132. The average molecular weight is 641 g/mol. The van der Waals surface area contributed by atoms with E-state index in [9.17, 15) is 24.0 Å². The van der Waals surface area contributed by atoms with Crippen molar-refractivity contribution in [2.24, 2.45) is 23.2 Å². The maximum absolute atomic E-state index is 13.3. The highest BCUT2D eigenvalue weighted by Gasteiger charge is 2.78. The van der Waals surface area contributed by atoms with E-state index in [-0.39, 0.29) is 13.0 Å². The molecule has 4 heterocycles. The lowest BCUT2D eigenvalue weighted by Gasteiger charge is -2.61. The van der Waals surface area contributed by atoms with Crippen molar-refractivity contribution in [2.75, 3.05) is 13.2 Å². The molecule has 5 fully saturated rings. The summed E-state index contributed by atoms with van der Waals surface area (Å²) in [4.78, 5) is 64.1. The Morgan fingerprint density at radius 2 is 1.77 bits per heavy atom. The predicted molar refractivity (Wildman–Crippen MR) is 151 cm³/mol. The molecular weight excluding hydrogens is 600 g/mol. The number of rotatable bonds is 7. The lowest BCUT2D eigenvalue weighted by Crippen LogP contribution is -2.74. The summed E-state index contributed by atoms with van der Waals surface area (Å²) >= 11 is 6.94. The summed E-state index contributed by atoms with van der Waals surface area (Å²) in [6.07, 6.45) is -3.64. The van der Waals surface area contributed by atoms with Gasteiger partial charge in [0, 0.05) is 26.2 Å². The van der Waals surface area contributed by atoms with Crippen LogP contribution < -0.4 is 0 Å². The van der Waals surface area contributed by atoms with Gasteiger partial charge in [-0.1, -0.05) is 27.4 Å². The van der Waals surface area contributed by atoms with E-state index < -0.39 is 107 Å². The number of epoxide rings is 1. The molecule has 244 valence electrons. The zero-order valence-electron chi connectivity index (χ0n) is 25.9. The molecule has 13 heteroatoms. The van der Waals surface area contributed by atoms with Crippen molar-refractivity contribution in [1.82, 2.24) is 0 Å². The third-order valence-corrected chi connectivity index (χ3v) is 11.0. The van der Waals surface area contributed by atoms with E-state index in [2.05, 4.69) is 6.58 Å². The first-order valence-electron chi connectivity index (χ1n) is 15.2. The lowest BCUT2D eigenvalue weighted by molar-refractivity contribution is -0.287. The molecule has 2 bridgehead atoms. The van der Waals surface area contributed by atoms with Gasteiger partial charge in [0.25, 0.3) is 0 Å². The number of ether oxygens (including phenoxy) is 7. The molecule has 0 radical (unpaired) electrons. The van der Waals surface area contributed by atoms with Gasteiger partial charge in [-0.05, 0) is 31.8 Å². The molecule has 5 rings (SSSR count). The van der Waals surface area contributed by atoms with Crippen molar-refractivity contribution in [3.63, 3.8) is 0 Å².